The zero-order chi connectivity index (χ0) is 9.07. The second-order valence-electron chi connectivity index (χ2n) is 2.67. The molecule has 0 aromatic rings. The fourth-order valence-electron chi connectivity index (χ4n) is 0.875. The van der Waals surface area contributed by atoms with Crippen LogP contribution >= 0.6 is 0 Å². The normalized spacial score (nSPS) is 10.5. The van der Waals surface area contributed by atoms with E-state index in [9.17, 15) is 0 Å². The lowest BCUT2D eigenvalue weighted by atomic mass is 10.3. The molecule has 0 saturated heterocycles. The van der Waals surface area contributed by atoms with Crippen molar-refractivity contribution in [2.45, 2.75) is 19.8 Å². The molecule has 0 spiro atoms. The number of nitrogens with one attached hydrogen (secondary N) is 1. The highest BCUT2D eigenvalue weighted by Crippen LogP contribution is 1.88. The lowest BCUT2D eigenvalue weighted by Gasteiger charge is -2.03. The first-order valence-electron chi connectivity index (χ1n) is 4.69. The molecule has 0 fully saturated rings. The maximum Gasteiger partial charge on any atom is 0.0700 e. The smallest absolute Gasteiger partial charge is 0.0700 e. The van der Waals surface area contributed by atoms with Crippen LogP contribution in [-0.4, -0.2) is 40.0 Å². The second-order valence-corrected chi connectivity index (χ2v) is 2.67. The number of unbranched alkanes of at least 4 members (excludes halogenated alkanes) is 1. The monoisotopic (exact) mass is 175 g/mol. The number of hydrogen-bond donors (Lipinski definition) is 1. The quantitative estimate of drug-likeness (QED) is 0.531. The Kier molecular flexibility index (Phi) is 10.8. The molecule has 12 heavy (non-hydrogen) atoms. The summed E-state index contributed by atoms with van der Waals surface area (Å²) in [4.78, 5) is 0. The Hall–Kier alpha value is -0.120. The highest BCUT2D eigenvalue weighted by molar-refractivity contribution is 4.44. The summed E-state index contributed by atoms with van der Waals surface area (Å²) in [7, 11) is 1.69. The summed E-state index contributed by atoms with van der Waals surface area (Å²) in [5.74, 6) is 0. The van der Waals surface area contributed by atoms with Gasteiger partial charge in [0.05, 0.1) is 13.2 Å². The van der Waals surface area contributed by atoms with E-state index >= 15 is 0 Å². The van der Waals surface area contributed by atoms with Crippen LogP contribution in [0.3, 0.4) is 0 Å². The predicted octanol–water partition coefficient (Wildman–Crippen LogP) is 1.04. The van der Waals surface area contributed by atoms with Gasteiger partial charge in [-0.15, -0.1) is 0 Å². The Morgan fingerprint density at radius 1 is 1.08 bits per heavy atom. The molecule has 0 atom stereocenters. The molecular weight excluding hydrogens is 154 g/mol. The molecule has 0 aromatic heterocycles. The summed E-state index contributed by atoms with van der Waals surface area (Å²) in [5, 5.41) is 3.27. The number of ether oxygens (including phenoxy) is 2. The van der Waals surface area contributed by atoms with Crippen molar-refractivity contribution in [3.63, 3.8) is 0 Å². The van der Waals surface area contributed by atoms with Crippen LogP contribution < -0.4 is 5.32 Å². The number of hydrogen-bond acceptors (Lipinski definition) is 3. The van der Waals surface area contributed by atoms with E-state index < -0.39 is 0 Å². The van der Waals surface area contributed by atoms with Gasteiger partial charge in [0.15, 0.2) is 0 Å². The molecule has 0 heterocycles. The van der Waals surface area contributed by atoms with E-state index in [1.54, 1.807) is 7.11 Å². The van der Waals surface area contributed by atoms with Crippen molar-refractivity contribution < 1.29 is 9.47 Å². The first-order chi connectivity index (χ1) is 5.91. The van der Waals surface area contributed by atoms with Crippen molar-refractivity contribution in [1.29, 1.82) is 0 Å². The molecule has 0 aliphatic carbocycles. The number of methoxy groups -OCH3 is 1. The van der Waals surface area contributed by atoms with E-state index in [0.29, 0.717) is 6.61 Å². The molecule has 0 aliphatic rings. The van der Waals surface area contributed by atoms with Crippen LogP contribution in [0.4, 0.5) is 0 Å². The minimum atomic E-state index is 0.702. The second kappa shape index (κ2) is 10.9. The Morgan fingerprint density at radius 3 is 2.58 bits per heavy atom. The van der Waals surface area contributed by atoms with Crippen molar-refractivity contribution in [2.24, 2.45) is 0 Å². The van der Waals surface area contributed by atoms with Gasteiger partial charge in [-0.25, -0.2) is 0 Å². The van der Waals surface area contributed by atoms with Gasteiger partial charge in [0.1, 0.15) is 0 Å². The van der Waals surface area contributed by atoms with E-state index in [4.69, 9.17) is 9.47 Å². The highest BCUT2D eigenvalue weighted by Gasteiger charge is 1.88. The van der Waals surface area contributed by atoms with Crippen LogP contribution in [0.2, 0.25) is 0 Å². The summed E-state index contributed by atoms with van der Waals surface area (Å²) >= 11 is 0. The largest absolute Gasteiger partial charge is 0.382 e. The molecule has 0 bridgehead atoms. The molecule has 0 radical (unpaired) electrons. The third kappa shape index (κ3) is 9.88. The maximum absolute atomic E-state index is 5.30. The van der Waals surface area contributed by atoms with Gasteiger partial charge in [0.25, 0.3) is 0 Å². The maximum atomic E-state index is 5.30. The topological polar surface area (TPSA) is 30.5 Å². The zero-order valence-corrected chi connectivity index (χ0v) is 8.27. The minimum Gasteiger partial charge on any atom is -0.382 e. The van der Waals surface area contributed by atoms with Gasteiger partial charge in [-0.2, -0.15) is 0 Å². The van der Waals surface area contributed by atoms with E-state index in [-0.39, 0.29) is 0 Å². The molecule has 3 heteroatoms. The first-order valence-corrected chi connectivity index (χ1v) is 4.69. The van der Waals surface area contributed by atoms with Crippen molar-refractivity contribution in [2.75, 3.05) is 40.0 Å². The van der Waals surface area contributed by atoms with E-state index in [1.807, 2.05) is 0 Å². The SMILES string of the molecule is CCNCCCCOCCOC. The summed E-state index contributed by atoms with van der Waals surface area (Å²) in [6.45, 7) is 6.56. The molecule has 0 rings (SSSR count). The first kappa shape index (κ1) is 11.9. The number of rotatable bonds is 9. The molecule has 0 aromatic carbocycles. The zero-order valence-electron chi connectivity index (χ0n) is 8.27. The molecule has 0 aliphatic heterocycles. The van der Waals surface area contributed by atoms with Gasteiger partial charge in [-0.3, -0.25) is 0 Å². The summed E-state index contributed by atoms with van der Waals surface area (Å²) in [6, 6.07) is 0. The van der Waals surface area contributed by atoms with Crippen molar-refractivity contribution in [1.82, 2.24) is 5.32 Å². The average molecular weight is 175 g/mol. The van der Waals surface area contributed by atoms with Crippen LogP contribution in [0.5, 0.6) is 0 Å². The molecule has 0 unspecified atom stereocenters. The summed E-state index contributed by atoms with van der Waals surface area (Å²) in [5.41, 5.74) is 0. The summed E-state index contributed by atoms with van der Waals surface area (Å²) in [6.07, 6.45) is 2.33. The Balaban J connectivity index is 2.73. The Bertz CT molecular complexity index is 68.9. The minimum absolute atomic E-state index is 0.702. The van der Waals surface area contributed by atoms with E-state index in [1.165, 1.54) is 6.42 Å². The van der Waals surface area contributed by atoms with Gasteiger partial charge >= 0.3 is 0 Å². The molecule has 0 saturated carbocycles. The molecule has 3 nitrogen and oxygen atoms in total. The van der Waals surface area contributed by atoms with Gasteiger partial charge < -0.3 is 14.8 Å². The van der Waals surface area contributed by atoms with Crippen LogP contribution in [0, 0.1) is 0 Å². The van der Waals surface area contributed by atoms with Crippen molar-refractivity contribution in [3.8, 4) is 0 Å². The third-order valence-corrected chi connectivity index (χ3v) is 1.57. The Morgan fingerprint density at radius 2 is 1.92 bits per heavy atom. The molecule has 74 valence electrons. The predicted molar refractivity (Wildman–Crippen MR) is 50.5 cm³/mol. The van der Waals surface area contributed by atoms with Crippen molar-refractivity contribution in [3.05, 3.63) is 0 Å². The fourth-order valence-corrected chi connectivity index (χ4v) is 0.875. The fraction of sp³-hybridized carbons (Fsp3) is 1.00. The van der Waals surface area contributed by atoms with Crippen LogP contribution in [0.15, 0.2) is 0 Å². The van der Waals surface area contributed by atoms with E-state index in [0.717, 1.165) is 32.7 Å². The van der Waals surface area contributed by atoms with Gasteiger partial charge in [-0.05, 0) is 25.9 Å². The van der Waals surface area contributed by atoms with Crippen LogP contribution in [-0.2, 0) is 9.47 Å². The van der Waals surface area contributed by atoms with Crippen LogP contribution in [0.1, 0.15) is 19.8 Å². The van der Waals surface area contributed by atoms with Crippen molar-refractivity contribution >= 4 is 0 Å². The molecule has 0 amide bonds. The van der Waals surface area contributed by atoms with Gasteiger partial charge in [0.2, 0.25) is 0 Å². The molecular formula is C9H21NO2. The standard InChI is InChI=1S/C9H21NO2/c1-3-10-6-4-5-7-12-9-8-11-2/h10H,3-9H2,1-2H3. The lowest BCUT2D eigenvalue weighted by molar-refractivity contribution is 0.0688. The van der Waals surface area contributed by atoms with Gasteiger partial charge in [-0.1, -0.05) is 6.92 Å². The van der Waals surface area contributed by atoms with E-state index in [2.05, 4.69) is 12.2 Å². The lowest BCUT2D eigenvalue weighted by Crippen LogP contribution is -2.14. The molecule has 1 N–H and O–H groups in total. The van der Waals surface area contributed by atoms with Crippen LogP contribution in [0.25, 0.3) is 0 Å². The average Bonchev–Trinajstić information content (AvgIpc) is 2.10. The Labute approximate surface area is 75.4 Å². The van der Waals surface area contributed by atoms with Gasteiger partial charge in [0, 0.05) is 13.7 Å². The highest BCUT2D eigenvalue weighted by atomic mass is 16.5. The third-order valence-electron chi connectivity index (χ3n) is 1.57. The summed E-state index contributed by atoms with van der Waals surface area (Å²) < 4.78 is 10.2.